The van der Waals surface area contributed by atoms with Gasteiger partial charge in [-0.3, -0.25) is 0 Å². The highest BCUT2D eigenvalue weighted by atomic mass is 16.7. The Balaban J connectivity index is 3.56. The van der Waals surface area contributed by atoms with Gasteiger partial charge in [0, 0.05) is 0 Å². The lowest BCUT2D eigenvalue weighted by atomic mass is 10.2. The van der Waals surface area contributed by atoms with E-state index in [4.69, 9.17) is 0 Å². The molecule has 0 aliphatic rings. The Kier molecular flexibility index (Phi) is 4.37. The minimum Gasteiger partial charge on any atom is -0.427 e. The summed E-state index contributed by atoms with van der Waals surface area (Å²) in [6.07, 6.45) is 1.18. The fourth-order valence-corrected chi connectivity index (χ4v) is 0.541. The van der Waals surface area contributed by atoms with Crippen LogP contribution in [0.2, 0.25) is 0 Å². The Hall–Kier alpha value is -0.990. The fourth-order valence-electron chi connectivity index (χ4n) is 0.541. The molecule has 0 aliphatic heterocycles. The van der Waals surface area contributed by atoms with Crippen LogP contribution >= 0.6 is 0 Å². The van der Waals surface area contributed by atoms with Gasteiger partial charge in [0.25, 0.3) is 0 Å². The highest BCUT2D eigenvalue weighted by molar-refractivity contribution is 5.56. The Morgan fingerprint density at radius 2 is 2.20 bits per heavy atom. The van der Waals surface area contributed by atoms with E-state index in [1.54, 1.807) is 0 Å². The molecule has 0 heterocycles. The molecule has 0 atom stereocenters. The molecule has 1 radical (unpaired) electrons. The Bertz CT molecular complexity index is 138. The number of rotatable bonds is 3. The molecule has 3 heteroatoms. The number of allylic oxidation sites excluding steroid dienone is 1. The summed E-state index contributed by atoms with van der Waals surface area (Å²) in [5.74, 6) is 0. The van der Waals surface area contributed by atoms with Gasteiger partial charge in [0.2, 0.25) is 0 Å². The summed E-state index contributed by atoms with van der Waals surface area (Å²) in [5, 5.41) is 9.78. The van der Waals surface area contributed by atoms with Gasteiger partial charge < -0.3 is 4.74 Å². The molecule has 0 fully saturated rings. The van der Waals surface area contributed by atoms with Crippen molar-refractivity contribution < 1.29 is 14.6 Å². The van der Waals surface area contributed by atoms with Gasteiger partial charge in [-0.05, 0) is 18.9 Å². The highest BCUT2D eigenvalue weighted by Crippen LogP contribution is 2.00. The van der Waals surface area contributed by atoms with Crippen LogP contribution in [-0.4, -0.2) is 12.8 Å². The monoisotopic (exact) mass is 143 g/mol. The van der Waals surface area contributed by atoms with E-state index in [1.165, 1.54) is 0 Å². The molecule has 0 rings (SSSR count). The van der Waals surface area contributed by atoms with Crippen LogP contribution in [-0.2, 0) is 9.84 Å². The van der Waals surface area contributed by atoms with Crippen LogP contribution in [0.4, 0.5) is 4.79 Å². The predicted octanol–water partition coefficient (Wildman–Crippen LogP) is 1.91. The van der Waals surface area contributed by atoms with Gasteiger partial charge in [0.15, 0.2) is 0 Å². The third-order valence-electron chi connectivity index (χ3n) is 1.24. The summed E-state index contributed by atoms with van der Waals surface area (Å²) in [6, 6.07) is 0. The van der Waals surface area contributed by atoms with Crippen molar-refractivity contribution in [3.63, 3.8) is 0 Å². The number of hydrogen-bond acceptors (Lipinski definition) is 2. The fraction of sp³-hybridized carbons (Fsp3) is 0.571. The van der Waals surface area contributed by atoms with Crippen molar-refractivity contribution in [3.8, 4) is 0 Å². The molecule has 0 N–H and O–H groups in total. The molecule has 57 valence electrons. The van der Waals surface area contributed by atoms with Crippen molar-refractivity contribution in [2.45, 2.75) is 20.3 Å². The summed E-state index contributed by atoms with van der Waals surface area (Å²) in [7, 11) is 0. The first-order valence-electron chi connectivity index (χ1n) is 3.18. The lowest BCUT2D eigenvalue weighted by Gasteiger charge is -2.00. The van der Waals surface area contributed by atoms with E-state index in [1.807, 2.05) is 19.9 Å². The second-order valence-corrected chi connectivity index (χ2v) is 1.84. The largest absolute Gasteiger partial charge is 0.550 e. The van der Waals surface area contributed by atoms with Gasteiger partial charge in [-0.25, -0.2) is 0 Å². The summed E-state index contributed by atoms with van der Waals surface area (Å²) in [5.41, 5.74) is 0.962. The summed E-state index contributed by atoms with van der Waals surface area (Å²) in [4.78, 5) is 9.78. The van der Waals surface area contributed by atoms with Crippen LogP contribution in [0.5, 0.6) is 0 Å². The zero-order valence-corrected chi connectivity index (χ0v) is 6.22. The van der Waals surface area contributed by atoms with E-state index < -0.39 is 6.16 Å². The normalized spacial score (nSPS) is 11.2. The van der Waals surface area contributed by atoms with Gasteiger partial charge in [-0.1, -0.05) is 13.0 Å². The summed E-state index contributed by atoms with van der Waals surface area (Å²) < 4.78 is 4.22. The zero-order valence-electron chi connectivity index (χ0n) is 6.22. The van der Waals surface area contributed by atoms with Crippen LogP contribution < -0.4 is 0 Å². The third kappa shape index (κ3) is 3.95. The molecule has 0 amide bonds. The van der Waals surface area contributed by atoms with Crippen molar-refractivity contribution in [2.75, 3.05) is 6.61 Å². The first-order valence-corrected chi connectivity index (χ1v) is 3.18. The molecule has 0 saturated heterocycles. The van der Waals surface area contributed by atoms with Crippen molar-refractivity contribution >= 4 is 6.16 Å². The first-order chi connectivity index (χ1) is 4.70. The van der Waals surface area contributed by atoms with E-state index in [-0.39, 0.29) is 6.61 Å². The molecule has 0 spiro atoms. The van der Waals surface area contributed by atoms with Gasteiger partial charge in [-0.2, -0.15) is 9.90 Å². The lowest BCUT2D eigenvalue weighted by Crippen LogP contribution is -2.02. The molecule has 0 bridgehead atoms. The quantitative estimate of drug-likeness (QED) is 0.447. The molecule has 3 nitrogen and oxygen atoms in total. The van der Waals surface area contributed by atoms with Crippen molar-refractivity contribution in [1.29, 1.82) is 0 Å². The minimum absolute atomic E-state index is 0.134. The molecular formula is C7H11O3. The molecule has 0 aliphatic carbocycles. The van der Waals surface area contributed by atoms with E-state index in [0.717, 1.165) is 12.0 Å². The topological polar surface area (TPSA) is 46.2 Å². The van der Waals surface area contributed by atoms with Crippen molar-refractivity contribution in [3.05, 3.63) is 11.6 Å². The Morgan fingerprint density at radius 3 is 2.50 bits per heavy atom. The SMILES string of the molecule is C/C=C(\CC)COC([O])=O. The van der Waals surface area contributed by atoms with Crippen LogP contribution in [0.25, 0.3) is 0 Å². The average Bonchev–Trinajstić information content (AvgIpc) is 1.90. The van der Waals surface area contributed by atoms with Crippen LogP contribution in [0.15, 0.2) is 11.6 Å². The van der Waals surface area contributed by atoms with Crippen molar-refractivity contribution in [2.24, 2.45) is 0 Å². The Labute approximate surface area is 60.3 Å². The summed E-state index contributed by atoms with van der Waals surface area (Å²) in [6.45, 7) is 3.92. The van der Waals surface area contributed by atoms with Crippen molar-refractivity contribution in [1.82, 2.24) is 0 Å². The standard InChI is InChI=1S/C7H11O3/c1-3-6(4-2)5-10-7(8)9/h3H,4-5H2,1-2H3/b6-3+. The number of carbonyl (C=O) groups excluding carboxylic acids is 1. The maximum atomic E-state index is 9.78. The number of hydrogen-bond donors (Lipinski definition) is 0. The Morgan fingerprint density at radius 1 is 1.60 bits per heavy atom. The van der Waals surface area contributed by atoms with Gasteiger partial charge in [0.1, 0.15) is 6.61 Å². The first kappa shape index (κ1) is 9.01. The second-order valence-electron chi connectivity index (χ2n) is 1.84. The maximum absolute atomic E-state index is 9.78. The highest BCUT2D eigenvalue weighted by Gasteiger charge is 1.99. The maximum Gasteiger partial charge on any atom is 0.550 e. The molecule has 0 aromatic carbocycles. The average molecular weight is 143 g/mol. The van der Waals surface area contributed by atoms with Gasteiger partial charge >= 0.3 is 6.16 Å². The third-order valence-corrected chi connectivity index (χ3v) is 1.24. The molecular weight excluding hydrogens is 132 g/mol. The van der Waals surface area contributed by atoms with E-state index in [2.05, 4.69) is 4.74 Å². The van der Waals surface area contributed by atoms with Gasteiger partial charge in [-0.15, -0.1) is 0 Å². The summed E-state index contributed by atoms with van der Waals surface area (Å²) >= 11 is 0. The van der Waals surface area contributed by atoms with E-state index in [0.29, 0.717) is 0 Å². The number of carbonyl (C=O) groups is 1. The van der Waals surface area contributed by atoms with E-state index >= 15 is 0 Å². The smallest absolute Gasteiger partial charge is 0.427 e. The number of ether oxygens (including phenoxy) is 1. The molecule has 0 aromatic rings. The molecule has 0 unspecified atom stereocenters. The molecule has 0 saturated carbocycles. The lowest BCUT2D eigenvalue weighted by molar-refractivity contribution is 0.0745. The molecule has 10 heavy (non-hydrogen) atoms. The van der Waals surface area contributed by atoms with Crippen LogP contribution in [0, 0.1) is 0 Å². The van der Waals surface area contributed by atoms with E-state index in [9.17, 15) is 9.90 Å². The minimum atomic E-state index is -1.46. The van der Waals surface area contributed by atoms with Crippen LogP contribution in [0.1, 0.15) is 20.3 Å². The molecule has 0 aromatic heterocycles. The zero-order chi connectivity index (χ0) is 7.98. The predicted molar refractivity (Wildman–Crippen MR) is 36.1 cm³/mol. The van der Waals surface area contributed by atoms with Gasteiger partial charge in [0.05, 0.1) is 0 Å². The van der Waals surface area contributed by atoms with Crippen LogP contribution in [0.3, 0.4) is 0 Å². The second kappa shape index (κ2) is 4.85.